The molecule has 0 fully saturated rings. The molecule has 2 N–H and O–H groups in total. The SMILES string of the molecule is CCc1ccccc1NCC(=O)NC(C)c1ccccc1OC. The molecule has 0 saturated carbocycles. The van der Waals surface area contributed by atoms with Crippen molar-refractivity contribution in [1.29, 1.82) is 0 Å². The fourth-order valence-electron chi connectivity index (χ4n) is 2.57. The lowest BCUT2D eigenvalue weighted by molar-refractivity contribution is -0.120. The second kappa shape index (κ2) is 8.22. The first-order chi connectivity index (χ1) is 11.2. The maximum atomic E-state index is 12.2. The zero-order valence-corrected chi connectivity index (χ0v) is 13.9. The van der Waals surface area contributed by atoms with Gasteiger partial charge in [0.1, 0.15) is 5.75 Å². The van der Waals surface area contributed by atoms with Crippen LogP contribution in [0.4, 0.5) is 5.69 Å². The molecule has 0 aromatic heterocycles. The maximum Gasteiger partial charge on any atom is 0.239 e. The largest absolute Gasteiger partial charge is 0.496 e. The van der Waals surface area contributed by atoms with E-state index in [1.807, 2.05) is 49.4 Å². The van der Waals surface area contributed by atoms with E-state index >= 15 is 0 Å². The highest BCUT2D eigenvalue weighted by atomic mass is 16.5. The van der Waals surface area contributed by atoms with Crippen molar-refractivity contribution >= 4 is 11.6 Å². The molecule has 0 spiro atoms. The minimum Gasteiger partial charge on any atom is -0.496 e. The molecule has 2 aromatic carbocycles. The zero-order chi connectivity index (χ0) is 16.7. The molecule has 1 amide bonds. The Hall–Kier alpha value is -2.49. The Bertz CT molecular complexity index is 655. The van der Waals surface area contributed by atoms with Gasteiger partial charge < -0.3 is 15.4 Å². The second-order valence-electron chi connectivity index (χ2n) is 5.40. The predicted molar refractivity (Wildman–Crippen MR) is 93.9 cm³/mol. The van der Waals surface area contributed by atoms with Crippen LogP contribution in [0.1, 0.15) is 31.0 Å². The van der Waals surface area contributed by atoms with Crippen LogP contribution in [0.2, 0.25) is 0 Å². The van der Waals surface area contributed by atoms with Crippen molar-refractivity contribution in [3.63, 3.8) is 0 Å². The Labute approximate surface area is 137 Å². The summed E-state index contributed by atoms with van der Waals surface area (Å²) in [6.45, 7) is 4.30. The highest BCUT2D eigenvalue weighted by molar-refractivity contribution is 5.81. The molecule has 0 saturated heterocycles. The van der Waals surface area contributed by atoms with Gasteiger partial charge in [-0.05, 0) is 31.0 Å². The van der Waals surface area contributed by atoms with E-state index in [1.54, 1.807) is 7.11 Å². The number of ether oxygens (including phenoxy) is 1. The highest BCUT2D eigenvalue weighted by Gasteiger charge is 2.13. The zero-order valence-electron chi connectivity index (χ0n) is 13.9. The topological polar surface area (TPSA) is 50.4 Å². The fraction of sp³-hybridized carbons (Fsp3) is 0.316. The number of nitrogens with one attached hydrogen (secondary N) is 2. The normalized spacial score (nSPS) is 11.6. The van der Waals surface area contributed by atoms with E-state index in [0.29, 0.717) is 0 Å². The number of methoxy groups -OCH3 is 1. The van der Waals surface area contributed by atoms with E-state index < -0.39 is 0 Å². The van der Waals surface area contributed by atoms with E-state index in [-0.39, 0.29) is 18.5 Å². The van der Waals surface area contributed by atoms with E-state index in [0.717, 1.165) is 23.4 Å². The molecular formula is C19H24N2O2. The van der Waals surface area contributed by atoms with Gasteiger partial charge in [-0.3, -0.25) is 4.79 Å². The number of carbonyl (C=O) groups is 1. The van der Waals surface area contributed by atoms with Crippen LogP contribution in [-0.4, -0.2) is 19.6 Å². The van der Waals surface area contributed by atoms with Crippen LogP contribution >= 0.6 is 0 Å². The Kier molecular flexibility index (Phi) is 6.03. The third-order valence-corrected chi connectivity index (χ3v) is 3.82. The van der Waals surface area contributed by atoms with Crippen LogP contribution in [-0.2, 0) is 11.2 Å². The summed E-state index contributed by atoms with van der Waals surface area (Å²) < 4.78 is 5.34. The number of carbonyl (C=O) groups excluding carboxylic acids is 1. The summed E-state index contributed by atoms with van der Waals surface area (Å²) in [5, 5.41) is 6.20. The van der Waals surface area contributed by atoms with Crippen molar-refractivity contribution in [3.8, 4) is 5.75 Å². The Morgan fingerprint density at radius 1 is 1.13 bits per heavy atom. The van der Waals surface area contributed by atoms with Crippen LogP contribution < -0.4 is 15.4 Å². The molecule has 0 aliphatic rings. The van der Waals surface area contributed by atoms with Gasteiger partial charge in [-0.25, -0.2) is 0 Å². The Morgan fingerprint density at radius 3 is 2.57 bits per heavy atom. The smallest absolute Gasteiger partial charge is 0.239 e. The minimum atomic E-state index is -0.109. The summed E-state index contributed by atoms with van der Waals surface area (Å²) in [5.41, 5.74) is 3.19. The molecule has 4 nitrogen and oxygen atoms in total. The monoisotopic (exact) mass is 312 g/mol. The molecular weight excluding hydrogens is 288 g/mol. The summed E-state index contributed by atoms with van der Waals surface area (Å²) in [6.07, 6.45) is 0.933. The average Bonchev–Trinajstić information content (AvgIpc) is 2.60. The van der Waals surface area contributed by atoms with Gasteiger partial charge in [-0.1, -0.05) is 43.3 Å². The molecule has 0 aliphatic heterocycles. The van der Waals surface area contributed by atoms with Crippen LogP contribution in [0, 0.1) is 0 Å². The van der Waals surface area contributed by atoms with Crippen molar-refractivity contribution in [2.75, 3.05) is 19.0 Å². The molecule has 0 bridgehead atoms. The molecule has 1 unspecified atom stereocenters. The van der Waals surface area contributed by atoms with E-state index in [1.165, 1.54) is 5.56 Å². The first-order valence-corrected chi connectivity index (χ1v) is 7.89. The van der Waals surface area contributed by atoms with Gasteiger partial charge in [0.2, 0.25) is 5.91 Å². The van der Waals surface area contributed by atoms with Crippen molar-refractivity contribution in [1.82, 2.24) is 5.32 Å². The van der Waals surface area contributed by atoms with Gasteiger partial charge in [0.25, 0.3) is 0 Å². The van der Waals surface area contributed by atoms with Crippen LogP contribution in [0.3, 0.4) is 0 Å². The summed E-state index contributed by atoms with van der Waals surface area (Å²) in [4.78, 5) is 12.2. The molecule has 4 heteroatoms. The number of aryl methyl sites for hydroxylation is 1. The number of hydrogen-bond acceptors (Lipinski definition) is 3. The predicted octanol–water partition coefficient (Wildman–Crippen LogP) is 3.55. The van der Waals surface area contributed by atoms with Crippen molar-refractivity contribution in [2.45, 2.75) is 26.3 Å². The van der Waals surface area contributed by atoms with Gasteiger partial charge in [0.05, 0.1) is 19.7 Å². The van der Waals surface area contributed by atoms with Gasteiger partial charge in [0, 0.05) is 11.3 Å². The first-order valence-electron chi connectivity index (χ1n) is 7.89. The van der Waals surface area contributed by atoms with Crippen molar-refractivity contribution in [3.05, 3.63) is 59.7 Å². The van der Waals surface area contributed by atoms with Crippen LogP contribution in [0.5, 0.6) is 5.75 Å². The van der Waals surface area contributed by atoms with E-state index in [9.17, 15) is 4.79 Å². The minimum absolute atomic E-state index is 0.0469. The Morgan fingerprint density at radius 2 is 1.83 bits per heavy atom. The van der Waals surface area contributed by atoms with Crippen molar-refractivity contribution in [2.24, 2.45) is 0 Å². The molecule has 122 valence electrons. The third-order valence-electron chi connectivity index (χ3n) is 3.82. The molecule has 2 rings (SSSR count). The van der Waals surface area contributed by atoms with E-state index in [4.69, 9.17) is 4.74 Å². The lowest BCUT2D eigenvalue weighted by Gasteiger charge is -2.18. The number of rotatable bonds is 7. The fourth-order valence-corrected chi connectivity index (χ4v) is 2.57. The average molecular weight is 312 g/mol. The third kappa shape index (κ3) is 4.49. The summed E-state index contributed by atoms with van der Waals surface area (Å²) in [6, 6.07) is 15.6. The van der Waals surface area contributed by atoms with E-state index in [2.05, 4.69) is 23.6 Å². The van der Waals surface area contributed by atoms with Crippen molar-refractivity contribution < 1.29 is 9.53 Å². The summed E-state index contributed by atoms with van der Waals surface area (Å²) in [7, 11) is 1.64. The molecule has 0 radical (unpaired) electrons. The molecule has 1 atom stereocenters. The summed E-state index contributed by atoms with van der Waals surface area (Å²) in [5.74, 6) is 0.735. The number of benzene rings is 2. The van der Waals surface area contributed by atoms with Gasteiger partial charge >= 0.3 is 0 Å². The maximum absolute atomic E-state index is 12.2. The van der Waals surface area contributed by atoms with Crippen LogP contribution in [0.25, 0.3) is 0 Å². The number of amides is 1. The number of hydrogen-bond donors (Lipinski definition) is 2. The second-order valence-corrected chi connectivity index (χ2v) is 5.40. The molecule has 0 heterocycles. The van der Waals surface area contributed by atoms with Gasteiger partial charge in [0.15, 0.2) is 0 Å². The molecule has 0 aliphatic carbocycles. The first kappa shape index (κ1) is 16.9. The van der Waals surface area contributed by atoms with Gasteiger partial charge in [-0.2, -0.15) is 0 Å². The standard InChI is InChI=1S/C19H24N2O2/c1-4-15-9-5-7-11-17(15)20-13-19(22)21-14(2)16-10-6-8-12-18(16)23-3/h5-12,14,20H,4,13H2,1-3H3,(H,21,22). The highest BCUT2D eigenvalue weighted by Crippen LogP contribution is 2.24. The summed E-state index contributed by atoms with van der Waals surface area (Å²) >= 11 is 0. The lowest BCUT2D eigenvalue weighted by atomic mass is 10.1. The number of para-hydroxylation sites is 2. The molecule has 23 heavy (non-hydrogen) atoms. The van der Waals surface area contributed by atoms with Gasteiger partial charge in [-0.15, -0.1) is 0 Å². The lowest BCUT2D eigenvalue weighted by Crippen LogP contribution is -2.32. The quantitative estimate of drug-likeness (QED) is 0.822. The Balaban J connectivity index is 1.94. The molecule has 2 aromatic rings. The number of anilines is 1. The van der Waals surface area contributed by atoms with Crippen LogP contribution in [0.15, 0.2) is 48.5 Å².